The van der Waals surface area contributed by atoms with Gasteiger partial charge in [0.15, 0.2) is 11.5 Å². The first-order valence-electron chi connectivity index (χ1n) is 8.19. The predicted molar refractivity (Wildman–Crippen MR) is 96.7 cm³/mol. The molecule has 1 atom stereocenters. The molecular weight excluding hydrogens is 340 g/mol. The van der Waals surface area contributed by atoms with E-state index >= 15 is 0 Å². The van der Waals surface area contributed by atoms with E-state index < -0.39 is 0 Å². The van der Waals surface area contributed by atoms with Crippen LogP contribution in [-0.2, 0) is 11.2 Å². The van der Waals surface area contributed by atoms with Crippen molar-refractivity contribution < 1.29 is 14.3 Å². The minimum Gasteiger partial charge on any atom is -0.493 e. The Kier molecular flexibility index (Phi) is 4.06. The Labute approximate surface area is 151 Å². The van der Waals surface area contributed by atoms with Crippen molar-refractivity contribution in [3.05, 3.63) is 52.0 Å². The Hall–Kier alpha value is -2.24. The molecule has 2 heterocycles. The molecule has 2 aliphatic heterocycles. The number of rotatable bonds is 2. The van der Waals surface area contributed by atoms with Crippen molar-refractivity contribution in [2.75, 3.05) is 32.6 Å². The molecule has 130 valence electrons. The van der Waals surface area contributed by atoms with Gasteiger partial charge in [0.05, 0.1) is 26.8 Å². The van der Waals surface area contributed by atoms with Gasteiger partial charge in [-0.15, -0.1) is 0 Å². The summed E-state index contributed by atoms with van der Waals surface area (Å²) in [6, 6.07) is 9.72. The standard InChI is InChI=1S/C19H19ClN2O3/c1-24-16-7-11-5-6-22-10-18(23)21-15-8-12(20)3-4-13(15)19(22)14(11)9-17(16)25-2/h3-4,7-9,19H,5-6,10H2,1-2H3,(H,21,23). The zero-order valence-electron chi connectivity index (χ0n) is 14.1. The molecule has 2 aromatic carbocycles. The van der Waals surface area contributed by atoms with Crippen LogP contribution in [-0.4, -0.2) is 38.1 Å². The van der Waals surface area contributed by atoms with Gasteiger partial charge in [0, 0.05) is 17.3 Å². The van der Waals surface area contributed by atoms with E-state index in [4.69, 9.17) is 21.1 Å². The minimum atomic E-state index is -0.0187. The molecule has 0 saturated heterocycles. The summed E-state index contributed by atoms with van der Waals surface area (Å²) in [5.41, 5.74) is 4.18. The lowest BCUT2D eigenvalue weighted by Crippen LogP contribution is -2.38. The fraction of sp³-hybridized carbons (Fsp3) is 0.316. The van der Waals surface area contributed by atoms with Gasteiger partial charge in [-0.05, 0) is 47.4 Å². The zero-order valence-corrected chi connectivity index (χ0v) is 14.9. The maximum atomic E-state index is 12.3. The zero-order chi connectivity index (χ0) is 17.6. The molecule has 1 unspecified atom stereocenters. The van der Waals surface area contributed by atoms with Crippen LogP contribution in [0.3, 0.4) is 0 Å². The van der Waals surface area contributed by atoms with Crippen LogP contribution >= 0.6 is 11.6 Å². The second-order valence-electron chi connectivity index (χ2n) is 6.31. The summed E-state index contributed by atoms with van der Waals surface area (Å²) in [5, 5.41) is 3.59. The first-order chi connectivity index (χ1) is 12.1. The number of hydrogen-bond donors (Lipinski definition) is 1. The van der Waals surface area contributed by atoms with E-state index in [0.717, 1.165) is 35.5 Å². The maximum Gasteiger partial charge on any atom is 0.238 e. The van der Waals surface area contributed by atoms with E-state index in [1.165, 1.54) is 5.56 Å². The van der Waals surface area contributed by atoms with Crippen LogP contribution < -0.4 is 14.8 Å². The molecule has 1 N–H and O–H groups in total. The lowest BCUT2D eigenvalue weighted by molar-refractivity contribution is -0.117. The Balaban J connectivity index is 1.91. The minimum absolute atomic E-state index is 0.0186. The number of fused-ring (bicyclic) bond motifs is 5. The Morgan fingerprint density at radius 1 is 1.12 bits per heavy atom. The Morgan fingerprint density at radius 2 is 1.88 bits per heavy atom. The summed E-state index contributed by atoms with van der Waals surface area (Å²) < 4.78 is 10.9. The highest BCUT2D eigenvalue weighted by atomic mass is 35.5. The van der Waals surface area contributed by atoms with E-state index in [0.29, 0.717) is 17.3 Å². The van der Waals surface area contributed by atoms with Crippen LogP contribution in [0.2, 0.25) is 5.02 Å². The quantitative estimate of drug-likeness (QED) is 0.895. The predicted octanol–water partition coefficient (Wildman–Crippen LogP) is 3.26. The second kappa shape index (κ2) is 6.24. The summed E-state index contributed by atoms with van der Waals surface area (Å²) >= 11 is 6.14. The van der Waals surface area contributed by atoms with Crippen molar-refractivity contribution >= 4 is 23.2 Å². The first kappa shape index (κ1) is 16.2. The fourth-order valence-electron chi connectivity index (χ4n) is 3.78. The van der Waals surface area contributed by atoms with Gasteiger partial charge in [-0.3, -0.25) is 9.69 Å². The lowest BCUT2D eigenvalue weighted by atomic mass is 9.87. The molecule has 2 aromatic rings. The third kappa shape index (κ3) is 2.73. The van der Waals surface area contributed by atoms with E-state index in [1.807, 2.05) is 30.3 Å². The number of nitrogens with zero attached hydrogens (tertiary/aromatic N) is 1. The van der Waals surface area contributed by atoms with Gasteiger partial charge in [0.1, 0.15) is 0 Å². The SMILES string of the molecule is COc1cc2c(cc1OC)C1c3ccc(Cl)cc3NC(=O)CN1CC2. The highest BCUT2D eigenvalue weighted by Crippen LogP contribution is 2.44. The van der Waals surface area contributed by atoms with E-state index in [-0.39, 0.29) is 11.9 Å². The highest BCUT2D eigenvalue weighted by molar-refractivity contribution is 6.31. The highest BCUT2D eigenvalue weighted by Gasteiger charge is 2.35. The molecule has 5 nitrogen and oxygen atoms in total. The number of hydrogen-bond acceptors (Lipinski definition) is 4. The third-order valence-corrected chi connectivity index (χ3v) is 5.14. The van der Waals surface area contributed by atoms with Crippen molar-refractivity contribution in [1.29, 1.82) is 0 Å². The Morgan fingerprint density at radius 3 is 2.64 bits per heavy atom. The van der Waals surface area contributed by atoms with Gasteiger partial charge in [0.25, 0.3) is 0 Å². The van der Waals surface area contributed by atoms with Gasteiger partial charge in [-0.2, -0.15) is 0 Å². The molecule has 25 heavy (non-hydrogen) atoms. The first-order valence-corrected chi connectivity index (χ1v) is 8.56. The molecule has 1 amide bonds. The molecule has 0 radical (unpaired) electrons. The van der Waals surface area contributed by atoms with E-state index in [9.17, 15) is 4.79 Å². The number of halogens is 1. The number of amides is 1. The number of carbonyl (C=O) groups excluding carboxylic acids is 1. The summed E-state index contributed by atoms with van der Waals surface area (Å²) in [7, 11) is 3.28. The van der Waals surface area contributed by atoms with Crippen LogP contribution in [0, 0.1) is 0 Å². The third-order valence-electron chi connectivity index (χ3n) is 4.90. The van der Waals surface area contributed by atoms with Gasteiger partial charge >= 0.3 is 0 Å². The molecule has 2 aliphatic rings. The number of anilines is 1. The molecule has 0 saturated carbocycles. The summed E-state index contributed by atoms with van der Waals surface area (Å²) in [6.07, 6.45) is 0.863. The maximum absolute atomic E-state index is 12.3. The summed E-state index contributed by atoms with van der Waals surface area (Å²) in [5.74, 6) is 1.41. The van der Waals surface area contributed by atoms with Crippen molar-refractivity contribution in [3.63, 3.8) is 0 Å². The van der Waals surface area contributed by atoms with Crippen LogP contribution in [0.1, 0.15) is 22.7 Å². The Bertz CT molecular complexity index is 853. The summed E-state index contributed by atoms with van der Waals surface area (Å²) in [6.45, 7) is 1.16. The average molecular weight is 359 g/mol. The second-order valence-corrected chi connectivity index (χ2v) is 6.75. The normalized spacial score (nSPS) is 19.2. The van der Waals surface area contributed by atoms with Crippen LogP contribution in [0.4, 0.5) is 5.69 Å². The molecule has 6 heteroatoms. The largest absolute Gasteiger partial charge is 0.493 e. The summed E-state index contributed by atoms with van der Waals surface area (Å²) in [4.78, 5) is 14.5. The number of carbonyl (C=O) groups is 1. The molecule has 0 bridgehead atoms. The monoisotopic (exact) mass is 358 g/mol. The lowest BCUT2D eigenvalue weighted by Gasteiger charge is -2.36. The number of ether oxygens (including phenoxy) is 2. The van der Waals surface area contributed by atoms with Gasteiger partial charge in [-0.1, -0.05) is 17.7 Å². The van der Waals surface area contributed by atoms with Crippen molar-refractivity contribution in [2.45, 2.75) is 12.5 Å². The average Bonchev–Trinajstić information content (AvgIpc) is 2.74. The van der Waals surface area contributed by atoms with E-state index in [1.54, 1.807) is 14.2 Å². The van der Waals surface area contributed by atoms with Crippen molar-refractivity contribution in [1.82, 2.24) is 4.90 Å². The topological polar surface area (TPSA) is 50.8 Å². The fourth-order valence-corrected chi connectivity index (χ4v) is 3.95. The molecule has 0 aliphatic carbocycles. The molecule has 0 spiro atoms. The number of nitrogens with one attached hydrogen (secondary N) is 1. The van der Waals surface area contributed by atoms with Gasteiger partial charge < -0.3 is 14.8 Å². The van der Waals surface area contributed by atoms with Crippen LogP contribution in [0.5, 0.6) is 11.5 Å². The molecule has 0 fully saturated rings. The van der Waals surface area contributed by atoms with Crippen molar-refractivity contribution in [2.24, 2.45) is 0 Å². The molecule has 4 rings (SSSR count). The smallest absolute Gasteiger partial charge is 0.238 e. The number of methoxy groups -OCH3 is 2. The van der Waals surface area contributed by atoms with Crippen LogP contribution in [0.25, 0.3) is 0 Å². The van der Waals surface area contributed by atoms with Gasteiger partial charge in [0.2, 0.25) is 5.91 Å². The van der Waals surface area contributed by atoms with Gasteiger partial charge in [-0.25, -0.2) is 0 Å². The van der Waals surface area contributed by atoms with E-state index in [2.05, 4.69) is 10.2 Å². The molecule has 0 aromatic heterocycles. The number of benzene rings is 2. The molecular formula is C19H19ClN2O3. The van der Waals surface area contributed by atoms with Crippen molar-refractivity contribution in [3.8, 4) is 11.5 Å². The van der Waals surface area contributed by atoms with Crippen LogP contribution in [0.15, 0.2) is 30.3 Å².